The van der Waals surface area contributed by atoms with E-state index in [1.807, 2.05) is 31.2 Å². The highest BCUT2D eigenvalue weighted by Crippen LogP contribution is 2.13. The fourth-order valence-corrected chi connectivity index (χ4v) is 2.15. The Hall–Kier alpha value is -0.940. The van der Waals surface area contributed by atoms with Gasteiger partial charge in [-0.3, -0.25) is 9.69 Å². The monoisotopic (exact) mass is 242 g/mol. The zero-order chi connectivity index (χ0) is 12.1. The first-order valence-corrected chi connectivity index (χ1v) is 6.25. The van der Waals surface area contributed by atoms with Gasteiger partial charge in [-0.15, -0.1) is 11.3 Å². The average Bonchev–Trinajstić information content (AvgIpc) is 2.65. The highest BCUT2D eigenvalue weighted by Gasteiger charge is 2.23. The standard InChI is InChI=1S/C11H18N2O2S/c1-8(2)4-10(11(14)15)13(3)5-9-6-16-7-12-9/h6-8,10H,4-5H2,1-3H3,(H,14,15). The first-order chi connectivity index (χ1) is 7.50. The lowest BCUT2D eigenvalue weighted by Crippen LogP contribution is -2.39. The van der Waals surface area contributed by atoms with Gasteiger partial charge in [-0.1, -0.05) is 13.8 Å². The number of aromatic nitrogens is 1. The molecule has 0 aliphatic rings. The van der Waals surface area contributed by atoms with Crippen molar-refractivity contribution in [1.29, 1.82) is 0 Å². The molecule has 90 valence electrons. The van der Waals surface area contributed by atoms with Crippen LogP contribution in [0, 0.1) is 5.92 Å². The van der Waals surface area contributed by atoms with Gasteiger partial charge in [0.2, 0.25) is 0 Å². The van der Waals surface area contributed by atoms with Crippen LogP contribution in [-0.2, 0) is 11.3 Å². The normalized spacial score (nSPS) is 13.3. The molecule has 0 bridgehead atoms. The van der Waals surface area contributed by atoms with E-state index in [0.29, 0.717) is 18.9 Å². The predicted molar refractivity (Wildman–Crippen MR) is 64.5 cm³/mol. The fourth-order valence-electron chi connectivity index (χ4n) is 1.60. The number of thiazole rings is 1. The molecule has 1 unspecified atom stereocenters. The zero-order valence-electron chi connectivity index (χ0n) is 9.88. The van der Waals surface area contributed by atoms with Gasteiger partial charge in [0, 0.05) is 11.9 Å². The van der Waals surface area contributed by atoms with Crippen molar-refractivity contribution >= 4 is 17.3 Å². The van der Waals surface area contributed by atoms with Gasteiger partial charge in [-0.25, -0.2) is 4.98 Å². The molecular weight excluding hydrogens is 224 g/mol. The minimum atomic E-state index is -0.758. The first kappa shape index (κ1) is 13.1. The maximum absolute atomic E-state index is 11.1. The van der Waals surface area contributed by atoms with Crippen LogP contribution in [0.25, 0.3) is 0 Å². The molecule has 0 spiro atoms. The van der Waals surface area contributed by atoms with Gasteiger partial charge in [0.1, 0.15) is 6.04 Å². The summed E-state index contributed by atoms with van der Waals surface area (Å²) < 4.78 is 0. The molecule has 5 heteroatoms. The summed E-state index contributed by atoms with van der Waals surface area (Å²) in [5.74, 6) is -0.384. The van der Waals surface area contributed by atoms with Crippen LogP contribution in [0.15, 0.2) is 10.9 Å². The maximum Gasteiger partial charge on any atom is 0.320 e. The van der Waals surface area contributed by atoms with Crippen LogP contribution in [-0.4, -0.2) is 34.0 Å². The van der Waals surface area contributed by atoms with E-state index < -0.39 is 12.0 Å². The van der Waals surface area contributed by atoms with E-state index in [2.05, 4.69) is 4.98 Å². The van der Waals surface area contributed by atoms with Gasteiger partial charge in [-0.2, -0.15) is 0 Å². The van der Waals surface area contributed by atoms with Crippen LogP contribution < -0.4 is 0 Å². The highest BCUT2D eigenvalue weighted by molar-refractivity contribution is 7.07. The molecule has 1 N–H and O–H groups in total. The summed E-state index contributed by atoms with van der Waals surface area (Å²) in [5.41, 5.74) is 2.70. The van der Waals surface area contributed by atoms with E-state index in [9.17, 15) is 4.79 Å². The zero-order valence-corrected chi connectivity index (χ0v) is 10.7. The molecule has 4 nitrogen and oxygen atoms in total. The van der Waals surface area contributed by atoms with Crippen molar-refractivity contribution in [2.75, 3.05) is 7.05 Å². The number of hydrogen-bond acceptors (Lipinski definition) is 4. The number of hydrogen-bond donors (Lipinski definition) is 1. The van der Waals surface area contributed by atoms with E-state index in [-0.39, 0.29) is 0 Å². The van der Waals surface area contributed by atoms with Crippen LogP contribution in [0.1, 0.15) is 26.0 Å². The SMILES string of the molecule is CC(C)CC(C(=O)O)N(C)Cc1cscn1. The Labute approximate surface area is 99.9 Å². The molecule has 0 aromatic carbocycles. The Morgan fingerprint density at radius 2 is 2.31 bits per heavy atom. The molecule has 1 aromatic heterocycles. The Bertz CT molecular complexity index is 325. The van der Waals surface area contributed by atoms with Crippen molar-refractivity contribution in [3.63, 3.8) is 0 Å². The van der Waals surface area contributed by atoms with Crippen molar-refractivity contribution < 1.29 is 9.90 Å². The lowest BCUT2D eigenvalue weighted by Gasteiger charge is -2.25. The minimum absolute atomic E-state index is 0.374. The Morgan fingerprint density at radius 1 is 1.62 bits per heavy atom. The average molecular weight is 242 g/mol. The summed E-state index contributed by atoms with van der Waals surface area (Å²) in [6.07, 6.45) is 0.663. The van der Waals surface area contributed by atoms with Gasteiger partial charge in [0.05, 0.1) is 11.2 Å². The molecule has 16 heavy (non-hydrogen) atoms. The molecule has 1 atom stereocenters. The summed E-state index contributed by atoms with van der Waals surface area (Å²) in [6, 6.07) is -0.429. The number of carboxylic acid groups (broad SMARTS) is 1. The lowest BCUT2D eigenvalue weighted by atomic mass is 10.0. The Kier molecular flexibility index (Phi) is 4.89. The second-order valence-corrected chi connectivity index (χ2v) is 5.10. The van der Waals surface area contributed by atoms with Crippen LogP contribution in [0.5, 0.6) is 0 Å². The molecule has 1 aromatic rings. The van der Waals surface area contributed by atoms with Gasteiger partial charge in [0.15, 0.2) is 0 Å². The van der Waals surface area contributed by atoms with Gasteiger partial charge in [-0.05, 0) is 19.4 Å². The number of carboxylic acids is 1. The van der Waals surface area contributed by atoms with Crippen molar-refractivity contribution in [3.8, 4) is 0 Å². The van der Waals surface area contributed by atoms with Crippen LogP contribution in [0.4, 0.5) is 0 Å². The van der Waals surface area contributed by atoms with E-state index in [1.54, 1.807) is 5.51 Å². The number of aliphatic carboxylic acids is 1. The summed E-state index contributed by atoms with van der Waals surface area (Å²) in [6.45, 7) is 4.66. The second-order valence-electron chi connectivity index (χ2n) is 4.38. The summed E-state index contributed by atoms with van der Waals surface area (Å²) in [5, 5.41) is 11.1. The summed E-state index contributed by atoms with van der Waals surface area (Å²) >= 11 is 1.53. The summed E-state index contributed by atoms with van der Waals surface area (Å²) in [4.78, 5) is 17.2. The van der Waals surface area contributed by atoms with Gasteiger partial charge >= 0.3 is 5.97 Å². The maximum atomic E-state index is 11.1. The first-order valence-electron chi connectivity index (χ1n) is 5.30. The smallest absolute Gasteiger partial charge is 0.320 e. The molecule has 0 radical (unpaired) electrons. The fraction of sp³-hybridized carbons (Fsp3) is 0.636. The van der Waals surface area contributed by atoms with E-state index in [1.165, 1.54) is 11.3 Å². The largest absolute Gasteiger partial charge is 0.480 e. The molecule has 0 aliphatic heterocycles. The molecule has 1 heterocycles. The highest BCUT2D eigenvalue weighted by atomic mass is 32.1. The van der Waals surface area contributed by atoms with Crippen molar-refractivity contribution in [1.82, 2.24) is 9.88 Å². The van der Waals surface area contributed by atoms with Crippen LogP contribution in [0.2, 0.25) is 0 Å². The molecule has 0 saturated carbocycles. The van der Waals surface area contributed by atoms with Crippen molar-refractivity contribution in [2.24, 2.45) is 5.92 Å². The topological polar surface area (TPSA) is 53.4 Å². The Balaban J connectivity index is 2.60. The second kappa shape index (κ2) is 5.96. The number of carbonyl (C=O) groups is 1. The van der Waals surface area contributed by atoms with Crippen molar-refractivity contribution in [3.05, 3.63) is 16.6 Å². The van der Waals surface area contributed by atoms with E-state index in [4.69, 9.17) is 5.11 Å². The number of rotatable bonds is 6. The molecule has 0 amide bonds. The number of nitrogens with zero attached hydrogens (tertiary/aromatic N) is 2. The quantitative estimate of drug-likeness (QED) is 0.829. The van der Waals surface area contributed by atoms with E-state index in [0.717, 1.165) is 5.69 Å². The lowest BCUT2D eigenvalue weighted by molar-refractivity contribution is -0.143. The molecular formula is C11H18N2O2S. The van der Waals surface area contributed by atoms with Gasteiger partial charge < -0.3 is 5.11 Å². The molecule has 0 saturated heterocycles. The van der Waals surface area contributed by atoms with Crippen molar-refractivity contribution in [2.45, 2.75) is 32.9 Å². The third kappa shape index (κ3) is 3.90. The minimum Gasteiger partial charge on any atom is -0.480 e. The molecule has 0 fully saturated rings. The van der Waals surface area contributed by atoms with Crippen LogP contribution >= 0.6 is 11.3 Å². The molecule has 1 rings (SSSR count). The number of likely N-dealkylation sites (N-methyl/N-ethyl adjacent to an activating group) is 1. The predicted octanol–water partition coefficient (Wildman–Crippen LogP) is 2.07. The van der Waals surface area contributed by atoms with E-state index >= 15 is 0 Å². The van der Waals surface area contributed by atoms with Crippen LogP contribution in [0.3, 0.4) is 0 Å². The molecule has 0 aliphatic carbocycles. The van der Waals surface area contributed by atoms with Gasteiger partial charge in [0.25, 0.3) is 0 Å². The third-order valence-electron chi connectivity index (χ3n) is 2.41. The third-order valence-corrected chi connectivity index (χ3v) is 3.04. The summed E-state index contributed by atoms with van der Waals surface area (Å²) in [7, 11) is 1.83. The Morgan fingerprint density at radius 3 is 2.75 bits per heavy atom.